The predicted octanol–water partition coefficient (Wildman–Crippen LogP) is 3.73. The van der Waals surface area contributed by atoms with E-state index in [2.05, 4.69) is 6.07 Å². The normalized spacial score (nSPS) is 11.9. The van der Waals surface area contributed by atoms with Crippen molar-refractivity contribution in [2.24, 2.45) is 0 Å². The number of nitrogens with zero attached hydrogens (tertiary/aromatic N) is 2. The summed E-state index contributed by atoms with van der Waals surface area (Å²) in [6.45, 7) is 1.98. The number of benzene rings is 1. The topological polar surface area (TPSA) is 27.0 Å². The van der Waals surface area contributed by atoms with E-state index in [0.29, 0.717) is 16.5 Å². The van der Waals surface area contributed by atoms with E-state index in [4.69, 9.17) is 28.5 Å². The molecule has 0 aromatic heterocycles. The number of anilines is 1. The van der Waals surface area contributed by atoms with E-state index in [1.807, 2.05) is 31.0 Å². The Hall–Kier alpha value is -0.910. The van der Waals surface area contributed by atoms with Crippen molar-refractivity contribution < 1.29 is 0 Å². The van der Waals surface area contributed by atoms with Crippen molar-refractivity contribution >= 4 is 28.9 Å². The maximum atomic E-state index is 8.61. The molecule has 0 aliphatic rings. The second-order valence-corrected chi connectivity index (χ2v) is 4.32. The van der Waals surface area contributed by atoms with Gasteiger partial charge in [-0.25, -0.2) is 0 Å². The summed E-state index contributed by atoms with van der Waals surface area (Å²) in [5.41, 5.74) is 0.926. The highest BCUT2D eigenvalue weighted by atomic mass is 35.5. The van der Waals surface area contributed by atoms with Crippen molar-refractivity contribution in [1.29, 1.82) is 5.26 Å². The molecular formula is C11H12Cl2N2. The summed E-state index contributed by atoms with van der Waals surface area (Å²) in [7, 11) is 1.92. The van der Waals surface area contributed by atoms with E-state index in [0.717, 1.165) is 5.69 Å². The molecule has 15 heavy (non-hydrogen) atoms. The summed E-state index contributed by atoms with van der Waals surface area (Å²) in [4.78, 5) is 1.99. The fourth-order valence-electron chi connectivity index (χ4n) is 1.27. The lowest BCUT2D eigenvalue weighted by atomic mass is 10.2. The minimum absolute atomic E-state index is 0.143. The largest absolute Gasteiger partial charge is 0.371 e. The summed E-state index contributed by atoms with van der Waals surface area (Å²) in [5, 5.41) is 9.82. The first-order chi connectivity index (χ1) is 7.04. The standard InChI is InChI=1S/C11H12Cl2N2/c1-8(3-4-14)15(2)11-6-9(12)5-10(13)7-11/h5-8H,3H2,1-2H3. The van der Waals surface area contributed by atoms with Gasteiger partial charge in [-0.15, -0.1) is 0 Å². The summed E-state index contributed by atoms with van der Waals surface area (Å²) in [5.74, 6) is 0. The number of halogens is 2. The van der Waals surface area contributed by atoms with Crippen molar-refractivity contribution in [2.75, 3.05) is 11.9 Å². The molecule has 0 N–H and O–H groups in total. The fraction of sp³-hybridized carbons (Fsp3) is 0.364. The van der Waals surface area contributed by atoms with Gasteiger partial charge in [-0.05, 0) is 25.1 Å². The van der Waals surface area contributed by atoms with Gasteiger partial charge in [-0.3, -0.25) is 0 Å². The SMILES string of the molecule is CC(CC#N)N(C)c1cc(Cl)cc(Cl)c1. The van der Waals surface area contributed by atoms with Crippen LogP contribution in [-0.2, 0) is 0 Å². The molecule has 0 amide bonds. The molecule has 0 heterocycles. The Morgan fingerprint density at radius 1 is 1.33 bits per heavy atom. The van der Waals surface area contributed by atoms with Gasteiger partial charge in [0, 0.05) is 28.8 Å². The highest BCUT2D eigenvalue weighted by molar-refractivity contribution is 6.35. The second-order valence-electron chi connectivity index (χ2n) is 3.45. The molecule has 80 valence electrons. The first kappa shape index (κ1) is 12.2. The fourth-order valence-corrected chi connectivity index (χ4v) is 1.78. The van der Waals surface area contributed by atoms with Crippen molar-refractivity contribution in [2.45, 2.75) is 19.4 Å². The average molecular weight is 243 g/mol. The second kappa shape index (κ2) is 5.25. The maximum Gasteiger partial charge on any atom is 0.0643 e. The zero-order valence-corrected chi connectivity index (χ0v) is 10.2. The molecule has 4 heteroatoms. The van der Waals surface area contributed by atoms with Crippen molar-refractivity contribution in [3.8, 4) is 6.07 Å². The van der Waals surface area contributed by atoms with Crippen LogP contribution in [0, 0.1) is 11.3 Å². The molecule has 0 bridgehead atoms. The smallest absolute Gasteiger partial charge is 0.0643 e. The van der Waals surface area contributed by atoms with E-state index in [9.17, 15) is 0 Å². The minimum atomic E-state index is 0.143. The van der Waals surface area contributed by atoms with Gasteiger partial charge in [-0.2, -0.15) is 5.26 Å². The zero-order valence-electron chi connectivity index (χ0n) is 8.67. The molecule has 1 aromatic rings. The predicted molar refractivity (Wildman–Crippen MR) is 64.6 cm³/mol. The first-order valence-electron chi connectivity index (χ1n) is 4.60. The molecule has 1 rings (SSSR count). The van der Waals surface area contributed by atoms with Crippen LogP contribution in [0.4, 0.5) is 5.69 Å². The Balaban J connectivity index is 2.91. The number of hydrogen-bond donors (Lipinski definition) is 0. The number of hydrogen-bond acceptors (Lipinski definition) is 2. The van der Waals surface area contributed by atoms with Crippen LogP contribution >= 0.6 is 23.2 Å². The summed E-state index contributed by atoms with van der Waals surface area (Å²) >= 11 is 11.8. The molecule has 2 nitrogen and oxygen atoms in total. The molecule has 0 aliphatic carbocycles. The van der Waals surface area contributed by atoms with E-state index in [1.54, 1.807) is 6.07 Å². The van der Waals surface area contributed by atoms with Crippen LogP contribution in [0.15, 0.2) is 18.2 Å². The average Bonchev–Trinajstić information content (AvgIpc) is 2.15. The van der Waals surface area contributed by atoms with Gasteiger partial charge in [0.2, 0.25) is 0 Å². The number of rotatable bonds is 3. The number of nitriles is 1. The van der Waals surface area contributed by atoms with Gasteiger partial charge < -0.3 is 4.90 Å². The van der Waals surface area contributed by atoms with Crippen LogP contribution in [-0.4, -0.2) is 13.1 Å². The molecule has 0 saturated carbocycles. The van der Waals surface area contributed by atoms with Crippen LogP contribution in [0.3, 0.4) is 0 Å². The molecular weight excluding hydrogens is 231 g/mol. The summed E-state index contributed by atoms with van der Waals surface area (Å²) in [6, 6.07) is 7.64. The minimum Gasteiger partial charge on any atom is -0.371 e. The zero-order chi connectivity index (χ0) is 11.4. The maximum absolute atomic E-state index is 8.61. The van der Waals surface area contributed by atoms with Crippen molar-refractivity contribution in [3.63, 3.8) is 0 Å². The summed E-state index contributed by atoms with van der Waals surface area (Å²) < 4.78 is 0. The van der Waals surface area contributed by atoms with Gasteiger partial charge in [0.05, 0.1) is 12.5 Å². The van der Waals surface area contributed by atoms with Crippen LogP contribution in [0.1, 0.15) is 13.3 Å². The van der Waals surface area contributed by atoms with Gasteiger partial charge >= 0.3 is 0 Å². The Bertz CT molecular complexity index is 364. The van der Waals surface area contributed by atoms with E-state index < -0.39 is 0 Å². The molecule has 0 radical (unpaired) electrons. The van der Waals surface area contributed by atoms with Crippen LogP contribution in [0.2, 0.25) is 10.0 Å². The van der Waals surface area contributed by atoms with Gasteiger partial charge in [0.15, 0.2) is 0 Å². The molecule has 0 fully saturated rings. The Labute approximate surface area is 100 Å². The highest BCUT2D eigenvalue weighted by Crippen LogP contribution is 2.26. The molecule has 0 aliphatic heterocycles. The third kappa shape index (κ3) is 3.30. The quantitative estimate of drug-likeness (QED) is 0.808. The Kier molecular flexibility index (Phi) is 4.26. The van der Waals surface area contributed by atoms with E-state index >= 15 is 0 Å². The van der Waals surface area contributed by atoms with Crippen molar-refractivity contribution in [1.82, 2.24) is 0 Å². The van der Waals surface area contributed by atoms with Crippen LogP contribution in [0.25, 0.3) is 0 Å². The van der Waals surface area contributed by atoms with Gasteiger partial charge in [0.1, 0.15) is 0 Å². The first-order valence-corrected chi connectivity index (χ1v) is 5.36. The lowest BCUT2D eigenvalue weighted by Crippen LogP contribution is -2.28. The molecule has 1 atom stereocenters. The Morgan fingerprint density at radius 2 is 1.87 bits per heavy atom. The van der Waals surface area contributed by atoms with Crippen LogP contribution < -0.4 is 4.90 Å². The molecule has 1 unspecified atom stereocenters. The third-order valence-electron chi connectivity index (χ3n) is 2.30. The lowest BCUT2D eigenvalue weighted by molar-refractivity contribution is 0.703. The monoisotopic (exact) mass is 242 g/mol. The lowest BCUT2D eigenvalue weighted by Gasteiger charge is -2.25. The van der Waals surface area contributed by atoms with Crippen molar-refractivity contribution in [3.05, 3.63) is 28.2 Å². The Morgan fingerprint density at radius 3 is 2.33 bits per heavy atom. The molecule has 1 aromatic carbocycles. The molecule has 0 spiro atoms. The van der Waals surface area contributed by atoms with Crippen LogP contribution in [0.5, 0.6) is 0 Å². The molecule has 0 saturated heterocycles. The van der Waals surface area contributed by atoms with Gasteiger partial charge in [-0.1, -0.05) is 23.2 Å². The van der Waals surface area contributed by atoms with Gasteiger partial charge in [0.25, 0.3) is 0 Å². The van der Waals surface area contributed by atoms with E-state index in [1.165, 1.54) is 0 Å². The third-order valence-corrected chi connectivity index (χ3v) is 2.74. The highest BCUT2D eigenvalue weighted by Gasteiger charge is 2.10. The summed E-state index contributed by atoms with van der Waals surface area (Å²) in [6.07, 6.45) is 0.473. The van der Waals surface area contributed by atoms with E-state index in [-0.39, 0.29) is 6.04 Å².